The van der Waals surface area contributed by atoms with E-state index in [4.69, 9.17) is 9.84 Å². The van der Waals surface area contributed by atoms with Gasteiger partial charge in [-0.15, -0.1) is 0 Å². The standard InChI is InChI=1S/C18H18N2O3/c1-12-7-8-16-15(9-12)19-17(20(16)2)11-23-14-6-4-3-5-13(10-14)18(21)22/h3-5,7-10H,6,11H2,1-2H3,(H,21,22). The molecule has 2 aromatic rings. The Bertz CT molecular complexity index is 857. The molecule has 0 aliphatic heterocycles. The summed E-state index contributed by atoms with van der Waals surface area (Å²) in [4.78, 5) is 15.7. The number of rotatable bonds is 4. The maximum absolute atomic E-state index is 11.1. The van der Waals surface area contributed by atoms with Gasteiger partial charge in [-0.3, -0.25) is 0 Å². The van der Waals surface area contributed by atoms with E-state index in [1.54, 1.807) is 18.2 Å². The zero-order chi connectivity index (χ0) is 16.4. The highest BCUT2D eigenvalue weighted by atomic mass is 16.5. The van der Waals surface area contributed by atoms with Crippen LogP contribution < -0.4 is 0 Å². The van der Waals surface area contributed by atoms with Crippen LogP contribution in [0.25, 0.3) is 11.0 Å². The number of hydrogen-bond donors (Lipinski definition) is 1. The summed E-state index contributed by atoms with van der Waals surface area (Å²) < 4.78 is 7.79. The van der Waals surface area contributed by atoms with Crippen LogP contribution in [0.1, 0.15) is 17.8 Å². The molecule has 118 valence electrons. The first kappa shape index (κ1) is 15.1. The fourth-order valence-corrected chi connectivity index (χ4v) is 2.52. The van der Waals surface area contributed by atoms with Crippen LogP contribution in [0.4, 0.5) is 0 Å². The van der Waals surface area contributed by atoms with Crippen LogP contribution in [0.3, 0.4) is 0 Å². The van der Waals surface area contributed by atoms with Crippen LogP contribution in [-0.2, 0) is 23.2 Å². The normalized spacial score (nSPS) is 14.3. The van der Waals surface area contributed by atoms with Crippen molar-refractivity contribution < 1.29 is 14.6 Å². The lowest BCUT2D eigenvalue weighted by Gasteiger charge is -2.08. The fraction of sp³-hybridized carbons (Fsp3) is 0.222. The predicted molar refractivity (Wildman–Crippen MR) is 87.8 cm³/mol. The molecule has 0 radical (unpaired) electrons. The number of hydrogen-bond acceptors (Lipinski definition) is 3. The summed E-state index contributed by atoms with van der Waals surface area (Å²) in [5.74, 6) is 0.465. The highest BCUT2D eigenvalue weighted by molar-refractivity contribution is 5.90. The van der Waals surface area contributed by atoms with E-state index in [1.807, 2.05) is 36.7 Å². The molecule has 1 heterocycles. The number of fused-ring (bicyclic) bond motifs is 1. The SMILES string of the molecule is Cc1ccc2c(c1)nc(COC1=CC(C(=O)O)=CC=CC1)n2C. The molecule has 0 bridgehead atoms. The molecule has 0 atom stereocenters. The number of aliphatic carboxylic acids is 1. The van der Waals surface area contributed by atoms with Gasteiger partial charge in [-0.2, -0.15) is 0 Å². The van der Waals surface area contributed by atoms with Gasteiger partial charge in [0.1, 0.15) is 18.2 Å². The van der Waals surface area contributed by atoms with Crippen molar-refractivity contribution in [2.45, 2.75) is 20.0 Å². The lowest BCUT2D eigenvalue weighted by atomic mass is 10.2. The van der Waals surface area contributed by atoms with Gasteiger partial charge in [0.25, 0.3) is 0 Å². The predicted octanol–water partition coefficient (Wildman–Crippen LogP) is 3.25. The third-order valence-corrected chi connectivity index (χ3v) is 3.81. The van der Waals surface area contributed by atoms with Gasteiger partial charge in [-0.25, -0.2) is 9.78 Å². The van der Waals surface area contributed by atoms with E-state index in [1.165, 1.54) is 0 Å². The Morgan fingerprint density at radius 2 is 2.26 bits per heavy atom. The zero-order valence-corrected chi connectivity index (χ0v) is 13.1. The van der Waals surface area contributed by atoms with Gasteiger partial charge in [0.05, 0.1) is 16.6 Å². The van der Waals surface area contributed by atoms with Gasteiger partial charge in [-0.1, -0.05) is 18.2 Å². The maximum Gasteiger partial charge on any atom is 0.335 e. The summed E-state index contributed by atoms with van der Waals surface area (Å²) in [5, 5.41) is 9.11. The Morgan fingerprint density at radius 1 is 1.43 bits per heavy atom. The molecule has 0 amide bonds. The average Bonchev–Trinajstić information content (AvgIpc) is 2.70. The Hall–Kier alpha value is -2.82. The van der Waals surface area contributed by atoms with Crippen molar-refractivity contribution in [1.82, 2.24) is 9.55 Å². The van der Waals surface area contributed by atoms with Crippen molar-refractivity contribution >= 4 is 17.0 Å². The minimum Gasteiger partial charge on any atom is -0.490 e. The number of ether oxygens (including phenoxy) is 1. The third kappa shape index (κ3) is 3.18. The molecule has 0 fully saturated rings. The van der Waals surface area contributed by atoms with Gasteiger partial charge in [-0.05, 0) is 36.8 Å². The van der Waals surface area contributed by atoms with E-state index in [0.29, 0.717) is 18.8 Å². The molecule has 1 aromatic heterocycles. The first-order valence-corrected chi connectivity index (χ1v) is 7.40. The second-order valence-corrected chi connectivity index (χ2v) is 5.54. The zero-order valence-electron chi connectivity index (χ0n) is 13.1. The molecule has 3 rings (SSSR count). The van der Waals surface area contributed by atoms with E-state index in [2.05, 4.69) is 11.1 Å². The molecule has 5 heteroatoms. The molecular formula is C18H18N2O3. The number of benzene rings is 1. The molecule has 1 aromatic carbocycles. The Kier molecular flexibility index (Phi) is 4.02. The van der Waals surface area contributed by atoms with Gasteiger partial charge in [0.2, 0.25) is 0 Å². The number of aryl methyl sites for hydroxylation is 2. The van der Waals surface area contributed by atoms with E-state index >= 15 is 0 Å². The lowest BCUT2D eigenvalue weighted by Crippen LogP contribution is -2.03. The maximum atomic E-state index is 11.1. The summed E-state index contributed by atoms with van der Waals surface area (Å²) in [7, 11) is 1.95. The molecule has 23 heavy (non-hydrogen) atoms. The number of aromatic nitrogens is 2. The quantitative estimate of drug-likeness (QED) is 0.941. The summed E-state index contributed by atoms with van der Waals surface area (Å²) in [6.45, 7) is 2.34. The molecule has 0 spiro atoms. The third-order valence-electron chi connectivity index (χ3n) is 3.81. The van der Waals surface area contributed by atoms with Crippen LogP contribution in [-0.4, -0.2) is 20.6 Å². The Labute approximate surface area is 134 Å². The molecule has 1 aliphatic carbocycles. The van der Waals surface area contributed by atoms with Gasteiger partial charge in [0.15, 0.2) is 0 Å². The van der Waals surface area contributed by atoms with Crippen molar-refractivity contribution in [2.75, 3.05) is 0 Å². The molecule has 1 N–H and O–H groups in total. The number of carboxylic acid groups (broad SMARTS) is 1. The van der Waals surface area contributed by atoms with Gasteiger partial charge in [0, 0.05) is 13.5 Å². The second-order valence-electron chi connectivity index (χ2n) is 5.54. The van der Waals surface area contributed by atoms with Crippen LogP contribution >= 0.6 is 0 Å². The van der Waals surface area contributed by atoms with Crippen LogP contribution in [0.2, 0.25) is 0 Å². The lowest BCUT2D eigenvalue weighted by molar-refractivity contribution is -0.132. The van der Waals surface area contributed by atoms with Crippen LogP contribution in [0.15, 0.2) is 53.8 Å². The molecule has 0 saturated heterocycles. The fourth-order valence-electron chi connectivity index (χ4n) is 2.52. The molecule has 0 saturated carbocycles. The van der Waals surface area contributed by atoms with Crippen molar-refractivity contribution in [3.8, 4) is 0 Å². The molecule has 0 unspecified atom stereocenters. The number of carboxylic acids is 1. The highest BCUT2D eigenvalue weighted by Crippen LogP contribution is 2.19. The van der Waals surface area contributed by atoms with E-state index in [-0.39, 0.29) is 5.57 Å². The number of carbonyl (C=O) groups is 1. The molecule has 5 nitrogen and oxygen atoms in total. The first-order chi connectivity index (χ1) is 11.0. The molecule has 1 aliphatic rings. The van der Waals surface area contributed by atoms with Gasteiger partial charge >= 0.3 is 5.97 Å². The number of imidazole rings is 1. The first-order valence-electron chi connectivity index (χ1n) is 7.40. The van der Waals surface area contributed by atoms with Crippen LogP contribution in [0.5, 0.6) is 0 Å². The number of allylic oxidation sites excluding steroid dienone is 3. The van der Waals surface area contributed by atoms with Gasteiger partial charge < -0.3 is 14.4 Å². The summed E-state index contributed by atoms with van der Waals surface area (Å²) in [5.41, 5.74) is 3.37. The van der Waals surface area contributed by atoms with Crippen molar-refractivity contribution in [3.63, 3.8) is 0 Å². The smallest absolute Gasteiger partial charge is 0.335 e. The van der Waals surface area contributed by atoms with E-state index in [9.17, 15) is 4.79 Å². The highest BCUT2D eigenvalue weighted by Gasteiger charge is 2.11. The summed E-state index contributed by atoms with van der Waals surface area (Å²) in [6, 6.07) is 6.13. The van der Waals surface area contributed by atoms with Crippen molar-refractivity contribution in [2.24, 2.45) is 7.05 Å². The van der Waals surface area contributed by atoms with E-state index < -0.39 is 5.97 Å². The van der Waals surface area contributed by atoms with Crippen molar-refractivity contribution in [3.05, 3.63) is 65.2 Å². The van der Waals surface area contributed by atoms with E-state index in [0.717, 1.165) is 22.4 Å². The summed E-state index contributed by atoms with van der Waals surface area (Å²) in [6.07, 6.45) is 7.30. The summed E-state index contributed by atoms with van der Waals surface area (Å²) >= 11 is 0. The minimum atomic E-state index is -0.962. The topological polar surface area (TPSA) is 64.3 Å². The van der Waals surface area contributed by atoms with Crippen LogP contribution in [0, 0.1) is 6.92 Å². The largest absolute Gasteiger partial charge is 0.490 e. The Morgan fingerprint density at radius 3 is 3.04 bits per heavy atom. The molecular weight excluding hydrogens is 292 g/mol. The number of nitrogens with zero attached hydrogens (tertiary/aromatic N) is 2. The monoisotopic (exact) mass is 310 g/mol. The Balaban J connectivity index is 1.81. The minimum absolute atomic E-state index is 0.217. The average molecular weight is 310 g/mol. The van der Waals surface area contributed by atoms with Crippen molar-refractivity contribution in [1.29, 1.82) is 0 Å². The second kappa shape index (κ2) is 6.12.